The molecule has 2 aliphatic rings. The van der Waals surface area contributed by atoms with Crippen LogP contribution in [-0.4, -0.2) is 51.7 Å². The van der Waals surface area contributed by atoms with E-state index in [4.69, 9.17) is 9.47 Å². The molecule has 0 aromatic heterocycles. The predicted octanol–water partition coefficient (Wildman–Crippen LogP) is 2.42. The van der Waals surface area contributed by atoms with Crippen LogP contribution in [0.5, 0.6) is 0 Å². The molecule has 29 heavy (non-hydrogen) atoms. The number of amides is 2. The van der Waals surface area contributed by atoms with Crippen molar-refractivity contribution in [1.29, 1.82) is 0 Å². The molecule has 0 radical (unpaired) electrons. The number of carbonyl (C=O) groups is 3. The third-order valence-electron chi connectivity index (χ3n) is 5.11. The summed E-state index contributed by atoms with van der Waals surface area (Å²) in [6.07, 6.45) is -2.17. The number of fused-ring (bicyclic) bond motifs is 1. The predicted molar refractivity (Wildman–Crippen MR) is 105 cm³/mol. The number of hydrogen-bond acceptors (Lipinski definition) is 6. The molecular weight excluding hydrogens is 444 g/mol. The zero-order valence-electron chi connectivity index (χ0n) is 16.9. The second kappa shape index (κ2) is 7.51. The SMILES string of the molecule is CC(C)(C)OC(=O)N1C[C@H](OC(=O)N2Cc3cccc(Br)c3C2)C[C@@]1(C)C(=O)[O-]. The maximum atomic E-state index is 12.7. The minimum atomic E-state index is -1.62. The number of carboxylic acids is 1. The van der Waals surface area contributed by atoms with Crippen LogP contribution in [0.25, 0.3) is 0 Å². The van der Waals surface area contributed by atoms with Crippen molar-refractivity contribution in [2.24, 2.45) is 0 Å². The Morgan fingerprint density at radius 3 is 2.48 bits per heavy atom. The lowest BCUT2D eigenvalue weighted by atomic mass is 9.99. The van der Waals surface area contributed by atoms with Crippen LogP contribution in [0.15, 0.2) is 22.7 Å². The van der Waals surface area contributed by atoms with E-state index in [0.29, 0.717) is 13.1 Å². The lowest BCUT2D eigenvalue weighted by Crippen LogP contribution is -2.57. The van der Waals surface area contributed by atoms with E-state index >= 15 is 0 Å². The fourth-order valence-corrected chi connectivity index (χ4v) is 4.15. The van der Waals surface area contributed by atoms with E-state index in [9.17, 15) is 19.5 Å². The van der Waals surface area contributed by atoms with E-state index in [-0.39, 0.29) is 13.0 Å². The topological polar surface area (TPSA) is 99.2 Å². The van der Waals surface area contributed by atoms with E-state index in [0.717, 1.165) is 20.5 Å². The van der Waals surface area contributed by atoms with Gasteiger partial charge in [0.1, 0.15) is 11.7 Å². The van der Waals surface area contributed by atoms with Crippen LogP contribution in [0.3, 0.4) is 0 Å². The maximum Gasteiger partial charge on any atom is 0.411 e. The second-order valence-electron chi connectivity index (χ2n) is 8.60. The van der Waals surface area contributed by atoms with Gasteiger partial charge in [0, 0.05) is 17.4 Å². The van der Waals surface area contributed by atoms with Crippen LogP contribution in [0.2, 0.25) is 0 Å². The molecule has 9 heteroatoms. The van der Waals surface area contributed by atoms with Gasteiger partial charge in [0.2, 0.25) is 0 Å². The Bertz CT molecular complexity index is 852. The third-order valence-corrected chi connectivity index (χ3v) is 5.86. The summed E-state index contributed by atoms with van der Waals surface area (Å²) >= 11 is 3.48. The van der Waals surface area contributed by atoms with Gasteiger partial charge in [-0.2, -0.15) is 0 Å². The Hall–Kier alpha value is -2.29. The Morgan fingerprint density at radius 1 is 1.21 bits per heavy atom. The number of likely N-dealkylation sites (tertiary alicyclic amines) is 1. The molecule has 0 bridgehead atoms. The molecule has 0 aliphatic carbocycles. The summed E-state index contributed by atoms with van der Waals surface area (Å²) in [5.74, 6) is -1.42. The number of rotatable bonds is 2. The van der Waals surface area contributed by atoms with Gasteiger partial charge < -0.3 is 19.4 Å². The molecule has 8 nitrogen and oxygen atoms in total. The first kappa shape index (κ1) is 21.4. The molecule has 3 rings (SSSR count). The fraction of sp³-hybridized carbons (Fsp3) is 0.550. The number of aliphatic carboxylic acids is 1. The van der Waals surface area contributed by atoms with Crippen molar-refractivity contribution in [3.8, 4) is 0 Å². The molecule has 1 saturated heterocycles. The molecule has 1 fully saturated rings. The summed E-state index contributed by atoms with van der Waals surface area (Å²) in [6, 6.07) is 5.76. The smallest absolute Gasteiger partial charge is 0.411 e. The van der Waals surface area contributed by atoms with E-state index in [2.05, 4.69) is 15.9 Å². The van der Waals surface area contributed by atoms with Crippen molar-refractivity contribution in [2.75, 3.05) is 6.54 Å². The van der Waals surface area contributed by atoms with Gasteiger partial charge >= 0.3 is 12.2 Å². The van der Waals surface area contributed by atoms with Gasteiger partial charge in [0.25, 0.3) is 0 Å². The lowest BCUT2D eigenvalue weighted by molar-refractivity contribution is -0.316. The summed E-state index contributed by atoms with van der Waals surface area (Å²) in [7, 11) is 0. The Balaban J connectivity index is 1.69. The first-order chi connectivity index (χ1) is 13.4. The number of halogens is 1. The molecule has 1 aromatic carbocycles. The Morgan fingerprint density at radius 2 is 1.90 bits per heavy atom. The van der Waals surface area contributed by atoms with Crippen molar-refractivity contribution >= 4 is 34.1 Å². The molecule has 0 N–H and O–H groups in total. The highest BCUT2D eigenvalue weighted by molar-refractivity contribution is 9.10. The second-order valence-corrected chi connectivity index (χ2v) is 9.45. The average Bonchev–Trinajstić information content (AvgIpc) is 3.16. The first-order valence-corrected chi connectivity index (χ1v) is 10.1. The zero-order valence-corrected chi connectivity index (χ0v) is 18.4. The van der Waals surface area contributed by atoms with Crippen LogP contribution in [0.1, 0.15) is 45.2 Å². The maximum absolute atomic E-state index is 12.7. The number of carbonyl (C=O) groups excluding carboxylic acids is 3. The molecule has 2 atom stereocenters. The molecule has 2 heterocycles. The van der Waals surface area contributed by atoms with Gasteiger partial charge in [-0.15, -0.1) is 0 Å². The first-order valence-electron chi connectivity index (χ1n) is 9.34. The quantitative estimate of drug-likeness (QED) is 0.661. The van der Waals surface area contributed by atoms with Gasteiger partial charge in [-0.3, -0.25) is 9.80 Å². The van der Waals surface area contributed by atoms with Crippen LogP contribution in [0, 0.1) is 0 Å². The van der Waals surface area contributed by atoms with Crippen LogP contribution < -0.4 is 5.11 Å². The monoisotopic (exact) mass is 467 g/mol. The molecule has 0 spiro atoms. The Labute approximate surface area is 177 Å². The van der Waals surface area contributed by atoms with Crippen molar-refractivity contribution < 1.29 is 29.0 Å². The van der Waals surface area contributed by atoms with Crippen LogP contribution in [0.4, 0.5) is 9.59 Å². The van der Waals surface area contributed by atoms with Crippen molar-refractivity contribution in [3.63, 3.8) is 0 Å². The van der Waals surface area contributed by atoms with Crippen molar-refractivity contribution in [2.45, 2.75) is 64.4 Å². The number of hydrogen-bond donors (Lipinski definition) is 0. The minimum absolute atomic E-state index is 0.0647. The van der Waals surface area contributed by atoms with E-state index in [1.54, 1.807) is 25.7 Å². The van der Waals surface area contributed by atoms with E-state index < -0.39 is 35.4 Å². The van der Waals surface area contributed by atoms with Crippen molar-refractivity contribution in [1.82, 2.24) is 9.80 Å². The molecule has 2 amide bonds. The van der Waals surface area contributed by atoms with Gasteiger partial charge in [-0.25, -0.2) is 9.59 Å². The molecule has 0 unspecified atom stereocenters. The Kier molecular flexibility index (Phi) is 5.55. The summed E-state index contributed by atoms with van der Waals surface area (Å²) in [5, 5.41) is 11.8. The number of carboxylic acid groups (broad SMARTS) is 1. The van der Waals surface area contributed by atoms with Gasteiger partial charge in [-0.05, 0) is 44.9 Å². The normalized spacial score (nSPS) is 23.7. The van der Waals surface area contributed by atoms with E-state index in [1.807, 2.05) is 18.2 Å². The number of nitrogens with zero attached hydrogens (tertiary/aromatic N) is 2. The van der Waals surface area contributed by atoms with Gasteiger partial charge in [0.15, 0.2) is 0 Å². The lowest BCUT2D eigenvalue weighted by Gasteiger charge is -2.36. The molecule has 2 aliphatic heterocycles. The molecule has 0 saturated carbocycles. The highest BCUT2D eigenvalue weighted by Gasteiger charge is 2.49. The van der Waals surface area contributed by atoms with Crippen LogP contribution >= 0.6 is 15.9 Å². The standard InChI is InChI=1S/C20H25BrN2O6/c1-19(2,3)29-18(27)23-10-13(8-20(23,4)16(24)25)28-17(26)22-9-12-6-5-7-15(21)14(12)11-22/h5-7,13H,8-11H2,1-4H3,(H,24,25)/p-1/t13-,20+/m1/s1. The largest absolute Gasteiger partial charge is 0.548 e. The summed E-state index contributed by atoms with van der Waals surface area (Å²) in [6.45, 7) is 7.19. The summed E-state index contributed by atoms with van der Waals surface area (Å²) in [4.78, 5) is 39.5. The fourth-order valence-electron chi connectivity index (χ4n) is 3.62. The van der Waals surface area contributed by atoms with Crippen LogP contribution in [-0.2, 0) is 27.4 Å². The average molecular weight is 468 g/mol. The molecule has 1 aromatic rings. The minimum Gasteiger partial charge on any atom is -0.548 e. The molecule has 158 valence electrons. The number of benzene rings is 1. The molecular formula is C20H24BrN2O6-. The van der Waals surface area contributed by atoms with Gasteiger partial charge in [-0.1, -0.05) is 28.1 Å². The third kappa shape index (κ3) is 4.34. The highest BCUT2D eigenvalue weighted by Crippen LogP contribution is 2.34. The highest BCUT2D eigenvalue weighted by atomic mass is 79.9. The summed E-state index contributed by atoms with van der Waals surface area (Å²) in [5.41, 5.74) is -0.360. The van der Waals surface area contributed by atoms with Crippen molar-refractivity contribution in [3.05, 3.63) is 33.8 Å². The van der Waals surface area contributed by atoms with E-state index in [1.165, 1.54) is 6.92 Å². The summed E-state index contributed by atoms with van der Waals surface area (Å²) < 4.78 is 11.8. The zero-order chi connectivity index (χ0) is 21.6. The van der Waals surface area contributed by atoms with Gasteiger partial charge in [0.05, 0.1) is 24.6 Å². The number of ether oxygens (including phenoxy) is 2.